The molecule has 0 saturated carbocycles. The third-order valence-electron chi connectivity index (χ3n) is 3.05. The molecule has 0 aliphatic carbocycles. The largest absolute Gasteiger partial charge is 0.360 e. The zero-order chi connectivity index (χ0) is 15.6. The molecule has 0 atom stereocenters. The number of hydrogen-bond acceptors (Lipinski definition) is 5. The Morgan fingerprint density at radius 1 is 1.33 bits per heavy atom. The number of nitrogens with one attached hydrogen (secondary N) is 1. The molecule has 8 heteroatoms. The Morgan fingerprint density at radius 3 is 2.62 bits per heavy atom. The molecule has 0 aliphatic rings. The van der Waals surface area contributed by atoms with Gasteiger partial charge in [-0.25, -0.2) is 13.1 Å². The van der Waals surface area contributed by atoms with Crippen molar-refractivity contribution in [1.29, 1.82) is 0 Å². The summed E-state index contributed by atoms with van der Waals surface area (Å²) >= 11 is 5.95. The first-order valence-corrected chi connectivity index (χ1v) is 8.10. The highest BCUT2D eigenvalue weighted by atomic mass is 35.5. The summed E-state index contributed by atoms with van der Waals surface area (Å²) < 4.78 is 32.2. The highest BCUT2D eigenvalue weighted by molar-refractivity contribution is 7.89. The van der Waals surface area contributed by atoms with Gasteiger partial charge in [0.15, 0.2) is 5.76 Å². The zero-order valence-electron chi connectivity index (χ0n) is 11.7. The van der Waals surface area contributed by atoms with Gasteiger partial charge in [0, 0.05) is 17.6 Å². The maximum atomic E-state index is 12.4. The monoisotopic (exact) mass is 329 g/mol. The van der Waals surface area contributed by atoms with Crippen molar-refractivity contribution in [3.63, 3.8) is 0 Å². The Morgan fingerprint density at radius 2 is 2.05 bits per heavy atom. The quantitative estimate of drug-likeness (QED) is 0.872. The van der Waals surface area contributed by atoms with Gasteiger partial charge in [-0.2, -0.15) is 0 Å². The second kappa shape index (κ2) is 6.15. The molecule has 0 fully saturated rings. The van der Waals surface area contributed by atoms with Gasteiger partial charge in [-0.15, -0.1) is 0 Å². The van der Waals surface area contributed by atoms with Crippen LogP contribution in [0.2, 0.25) is 5.02 Å². The maximum absolute atomic E-state index is 12.4. The van der Waals surface area contributed by atoms with Crippen LogP contribution in [0.4, 0.5) is 0 Å². The van der Waals surface area contributed by atoms with E-state index in [1.807, 2.05) is 0 Å². The van der Waals surface area contributed by atoms with E-state index in [-0.39, 0.29) is 18.0 Å². The van der Waals surface area contributed by atoms with Crippen LogP contribution in [0.1, 0.15) is 22.6 Å². The summed E-state index contributed by atoms with van der Waals surface area (Å²) in [5.41, 5.74) is 7.57. The summed E-state index contributed by atoms with van der Waals surface area (Å²) in [6.07, 6.45) is 0. The fourth-order valence-corrected chi connectivity index (χ4v) is 3.55. The van der Waals surface area contributed by atoms with Crippen molar-refractivity contribution in [2.75, 3.05) is 0 Å². The Kier molecular flexibility index (Phi) is 4.67. The van der Waals surface area contributed by atoms with Crippen LogP contribution in [0.15, 0.2) is 27.6 Å². The number of sulfonamides is 1. The maximum Gasteiger partial charge on any atom is 0.241 e. The second-order valence-electron chi connectivity index (χ2n) is 4.65. The zero-order valence-corrected chi connectivity index (χ0v) is 13.3. The lowest BCUT2D eigenvalue weighted by Crippen LogP contribution is -2.24. The van der Waals surface area contributed by atoms with E-state index in [4.69, 9.17) is 21.9 Å². The van der Waals surface area contributed by atoms with Crippen LogP contribution in [0.5, 0.6) is 0 Å². The molecule has 0 radical (unpaired) electrons. The van der Waals surface area contributed by atoms with Crippen molar-refractivity contribution in [2.24, 2.45) is 5.73 Å². The minimum Gasteiger partial charge on any atom is -0.360 e. The molecule has 21 heavy (non-hydrogen) atoms. The number of aromatic nitrogens is 1. The molecule has 0 unspecified atom stereocenters. The molecular weight excluding hydrogens is 314 g/mol. The molecule has 3 N–H and O–H groups in total. The van der Waals surface area contributed by atoms with E-state index in [0.717, 1.165) is 0 Å². The predicted octanol–water partition coefficient (Wildman–Crippen LogP) is 1.88. The molecule has 0 bridgehead atoms. The normalized spacial score (nSPS) is 11.8. The first-order chi connectivity index (χ1) is 9.83. The van der Waals surface area contributed by atoms with Crippen molar-refractivity contribution in [1.82, 2.24) is 9.88 Å². The van der Waals surface area contributed by atoms with Crippen LogP contribution in [0, 0.1) is 13.8 Å². The molecule has 2 rings (SSSR count). The third-order valence-corrected chi connectivity index (χ3v) is 4.80. The summed E-state index contributed by atoms with van der Waals surface area (Å²) in [5.74, 6) is 0.440. The molecule has 0 spiro atoms. The number of nitrogens with zero attached hydrogens (tertiary/aromatic N) is 1. The topological polar surface area (TPSA) is 98.2 Å². The van der Waals surface area contributed by atoms with E-state index in [0.29, 0.717) is 27.6 Å². The number of nitrogens with two attached hydrogens (primary N) is 1. The van der Waals surface area contributed by atoms with Crippen molar-refractivity contribution in [2.45, 2.75) is 31.8 Å². The predicted molar refractivity (Wildman–Crippen MR) is 79.3 cm³/mol. The smallest absolute Gasteiger partial charge is 0.241 e. The second-order valence-corrected chi connectivity index (χ2v) is 6.82. The lowest BCUT2D eigenvalue weighted by atomic mass is 10.1. The fraction of sp³-hybridized carbons (Fsp3) is 0.308. The van der Waals surface area contributed by atoms with Gasteiger partial charge in [0.2, 0.25) is 10.0 Å². The lowest BCUT2D eigenvalue weighted by molar-refractivity contribution is 0.377. The van der Waals surface area contributed by atoms with Gasteiger partial charge < -0.3 is 10.3 Å². The molecular formula is C13H16ClN3O3S. The van der Waals surface area contributed by atoms with Crippen LogP contribution in [0.25, 0.3) is 0 Å². The number of halogens is 1. The Bertz CT molecular complexity index is 756. The Balaban J connectivity index is 2.29. The first kappa shape index (κ1) is 16.0. The van der Waals surface area contributed by atoms with E-state index in [2.05, 4.69) is 9.88 Å². The third kappa shape index (κ3) is 3.62. The standard InChI is InChI=1S/C13H16ClN3O3S/c1-8-3-12(20-17-8)7-16-21(18,19)13-5-11(14)4-10(6-15)9(13)2/h3-5,16H,6-7,15H2,1-2H3. The summed E-state index contributed by atoms with van der Waals surface area (Å²) in [6, 6.07) is 4.73. The number of benzene rings is 1. The molecule has 1 heterocycles. The highest BCUT2D eigenvalue weighted by Gasteiger charge is 2.20. The van der Waals surface area contributed by atoms with Crippen LogP contribution >= 0.6 is 11.6 Å². The molecule has 6 nitrogen and oxygen atoms in total. The summed E-state index contributed by atoms with van der Waals surface area (Å²) in [6.45, 7) is 3.70. The molecule has 114 valence electrons. The minimum atomic E-state index is -3.71. The summed E-state index contributed by atoms with van der Waals surface area (Å²) in [7, 11) is -3.71. The first-order valence-electron chi connectivity index (χ1n) is 6.24. The van der Waals surface area contributed by atoms with Crippen molar-refractivity contribution in [3.8, 4) is 0 Å². The van der Waals surface area contributed by atoms with Crippen LogP contribution in [-0.4, -0.2) is 13.6 Å². The fourth-order valence-electron chi connectivity index (χ4n) is 1.94. The van der Waals surface area contributed by atoms with Gasteiger partial charge in [-0.3, -0.25) is 0 Å². The summed E-state index contributed by atoms with van der Waals surface area (Å²) in [4.78, 5) is 0.117. The number of hydrogen-bond donors (Lipinski definition) is 2. The van der Waals surface area contributed by atoms with E-state index in [1.54, 1.807) is 26.0 Å². The Hall–Kier alpha value is -1.41. The SMILES string of the molecule is Cc1cc(CNS(=O)(=O)c2cc(Cl)cc(CN)c2C)on1. The van der Waals surface area contributed by atoms with E-state index in [9.17, 15) is 8.42 Å². The average Bonchev–Trinajstić information content (AvgIpc) is 2.84. The van der Waals surface area contributed by atoms with Gasteiger partial charge in [0.1, 0.15) is 0 Å². The van der Waals surface area contributed by atoms with Crippen LogP contribution in [-0.2, 0) is 23.1 Å². The van der Waals surface area contributed by atoms with E-state index < -0.39 is 10.0 Å². The molecule has 0 amide bonds. The van der Waals surface area contributed by atoms with E-state index >= 15 is 0 Å². The van der Waals surface area contributed by atoms with Gasteiger partial charge in [0.25, 0.3) is 0 Å². The number of rotatable bonds is 5. The lowest BCUT2D eigenvalue weighted by Gasteiger charge is -2.12. The number of aryl methyl sites for hydroxylation is 1. The molecule has 1 aromatic heterocycles. The molecule has 0 aliphatic heterocycles. The average molecular weight is 330 g/mol. The molecule has 1 aromatic carbocycles. The van der Waals surface area contributed by atoms with E-state index in [1.165, 1.54) is 6.07 Å². The van der Waals surface area contributed by atoms with Gasteiger partial charge in [0.05, 0.1) is 17.1 Å². The molecule has 0 saturated heterocycles. The van der Waals surface area contributed by atoms with Gasteiger partial charge in [-0.05, 0) is 37.1 Å². The summed E-state index contributed by atoms with van der Waals surface area (Å²) in [5, 5.41) is 4.03. The van der Waals surface area contributed by atoms with Crippen LogP contribution < -0.4 is 10.5 Å². The minimum absolute atomic E-state index is 0.0209. The van der Waals surface area contributed by atoms with Gasteiger partial charge >= 0.3 is 0 Å². The highest BCUT2D eigenvalue weighted by Crippen LogP contribution is 2.24. The van der Waals surface area contributed by atoms with Crippen LogP contribution in [0.3, 0.4) is 0 Å². The van der Waals surface area contributed by atoms with Crippen molar-refractivity contribution in [3.05, 3.63) is 45.8 Å². The Labute approximate surface area is 128 Å². The van der Waals surface area contributed by atoms with Crippen molar-refractivity contribution >= 4 is 21.6 Å². The van der Waals surface area contributed by atoms with Gasteiger partial charge in [-0.1, -0.05) is 16.8 Å². The molecule has 2 aromatic rings. The van der Waals surface area contributed by atoms with Crippen molar-refractivity contribution < 1.29 is 12.9 Å².